The average molecular weight is 726 g/mol. The molecule has 0 atom stereocenters. The van der Waals surface area contributed by atoms with Crippen molar-refractivity contribution in [2.45, 2.75) is 41.5 Å². The maximum absolute atomic E-state index is 10.0. The first-order valence-corrected chi connectivity index (χ1v) is 13.5. The van der Waals surface area contributed by atoms with Gasteiger partial charge in [0.1, 0.15) is 17.5 Å². The molecule has 7 heteroatoms. The van der Waals surface area contributed by atoms with Gasteiger partial charge in [-0.3, -0.25) is 9.78 Å². The minimum Gasteiger partial charge on any atom is -0.512 e. The fourth-order valence-electron chi connectivity index (χ4n) is 5.05. The predicted octanol–water partition coefficient (Wildman–Crippen LogP) is 8.99. The minimum atomic E-state index is -0.125. The van der Waals surface area contributed by atoms with Gasteiger partial charge >= 0.3 is 0 Å². The maximum atomic E-state index is 10.0. The Bertz CT molecular complexity index is 1890. The monoisotopic (exact) mass is 726 g/mol. The number of carbonyl (C=O) groups excluding carboxylic acids is 1. The molecule has 3 aromatic heterocycles. The topological polar surface area (TPSA) is 76.2 Å². The van der Waals surface area contributed by atoms with Crippen molar-refractivity contribution in [3.05, 3.63) is 95.0 Å². The minimum absolute atomic E-state index is 0. The van der Waals surface area contributed by atoms with Crippen LogP contribution in [0.4, 0.5) is 0 Å². The van der Waals surface area contributed by atoms with Crippen LogP contribution >= 0.6 is 11.3 Å². The van der Waals surface area contributed by atoms with Crippen molar-refractivity contribution in [3.8, 4) is 21.7 Å². The molecular formula is C33H29IrN2O3S-. The van der Waals surface area contributed by atoms with Crippen LogP contribution in [0.2, 0.25) is 0 Å². The van der Waals surface area contributed by atoms with E-state index in [1.807, 2.05) is 12.1 Å². The normalized spacial score (nSPS) is 11.4. The molecule has 0 saturated carbocycles. The Morgan fingerprint density at radius 2 is 1.75 bits per heavy atom. The molecular weight excluding hydrogens is 697 g/mol. The molecule has 0 bridgehead atoms. The summed E-state index contributed by atoms with van der Waals surface area (Å²) in [5, 5.41) is 10.7. The van der Waals surface area contributed by atoms with Crippen molar-refractivity contribution in [1.82, 2.24) is 9.97 Å². The van der Waals surface area contributed by atoms with Crippen LogP contribution in [-0.2, 0) is 24.9 Å². The second-order valence-electron chi connectivity index (χ2n) is 9.87. The number of aromatic nitrogens is 2. The molecule has 1 radical (unpaired) electrons. The largest absolute Gasteiger partial charge is 0.512 e. The Morgan fingerprint density at radius 1 is 1.00 bits per heavy atom. The molecule has 0 spiro atoms. The van der Waals surface area contributed by atoms with Gasteiger partial charge in [0.15, 0.2) is 5.78 Å². The van der Waals surface area contributed by atoms with Gasteiger partial charge < -0.3 is 9.52 Å². The summed E-state index contributed by atoms with van der Waals surface area (Å²) in [6, 6.07) is 20.4. The number of ketones is 1. The van der Waals surface area contributed by atoms with Crippen LogP contribution in [-0.4, -0.2) is 20.9 Å². The van der Waals surface area contributed by atoms with E-state index in [0.717, 1.165) is 49.2 Å². The van der Waals surface area contributed by atoms with Crippen LogP contribution in [0.25, 0.3) is 53.9 Å². The van der Waals surface area contributed by atoms with Crippen LogP contribution in [0.15, 0.2) is 71.1 Å². The Labute approximate surface area is 250 Å². The standard InChI is InChI=1S/C28H21N2OS.C5H8O2.Ir/c1-15-9-16(2)11-19(10-15)26-28-22(29-14-30-26)13-24(32-28)25-17(3)12-21-20-7-5-6-8-23(20)31-27(21)18(25)4;1-4(6)3-5(2)7;/h5-10,12-14H,1-4H3;3,6H,1-2H3;/q-1;;/b;4-3-;. The first kappa shape index (κ1) is 29.3. The van der Waals surface area contributed by atoms with Gasteiger partial charge in [0.2, 0.25) is 0 Å². The summed E-state index contributed by atoms with van der Waals surface area (Å²) in [5.74, 6) is -0.0625. The molecule has 3 aromatic carbocycles. The van der Waals surface area contributed by atoms with Crippen molar-refractivity contribution >= 4 is 49.3 Å². The fraction of sp³-hybridized carbons (Fsp3) is 0.182. The molecule has 6 aromatic rings. The number of furan rings is 1. The molecule has 205 valence electrons. The Kier molecular flexibility index (Phi) is 8.69. The number of benzene rings is 3. The average Bonchev–Trinajstić information content (AvgIpc) is 3.45. The smallest absolute Gasteiger partial charge is 0.155 e. The summed E-state index contributed by atoms with van der Waals surface area (Å²) in [6.45, 7) is 11.4. The van der Waals surface area contributed by atoms with Crippen molar-refractivity contribution in [1.29, 1.82) is 0 Å². The van der Waals surface area contributed by atoms with Gasteiger partial charge in [-0.1, -0.05) is 32.0 Å². The third kappa shape index (κ3) is 5.78. The van der Waals surface area contributed by atoms with Gasteiger partial charge in [0, 0.05) is 63.4 Å². The van der Waals surface area contributed by atoms with Gasteiger partial charge in [-0.15, -0.1) is 46.2 Å². The number of aliphatic hydroxyl groups is 1. The van der Waals surface area contributed by atoms with Gasteiger partial charge in [0.05, 0.1) is 11.3 Å². The molecule has 5 nitrogen and oxygen atoms in total. The van der Waals surface area contributed by atoms with Gasteiger partial charge in [-0.2, -0.15) is 0 Å². The molecule has 0 unspecified atom stereocenters. The van der Waals surface area contributed by atoms with E-state index in [9.17, 15) is 4.79 Å². The number of fused-ring (bicyclic) bond motifs is 4. The van der Waals surface area contributed by atoms with Crippen LogP contribution in [0.5, 0.6) is 0 Å². The molecule has 6 rings (SSSR count). The fourth-order valence-corrected chi connectivity index (χ4v) is 6.33. The Hall–Kier alpha value is -3.64. The van der Waals surface area contributed by atoms with E-state index >= 15 is 0 Å². The number of allylic oxidation sites excluding steroid dienone is 2. The Balaban J connectivity index is 0.000000413. The summed E-state index contributed by atoms with van der Waals surface area (Å²) in [6.07, 6.45) is 2.82. The zero-order valence-corrected chi connectivity index (χ0v) is 26.4. The first-order chi connectivity index (χ1) is 18.6. The quantitative estimate of drug-likeness (QED) is 0.112. The van der Waals surface area contributed by atoms with Crippen molar-refractivity contribution in [3.63, 3.8) is 0 Å². The second-order valence-corrected chi connectivity index (χ2v) is 10.9. The third-order valence-corrected chi connectivity index (χ3v) is 7.63. The number of aliphatic hydroxyl groups excluding tert-OH is 1. The predicted molar refractivity (Wildman–Crippen MR) is 160 cm³/mol. The van der Waals surface area contributed by atoms with E-state index in [1.54, 1.807) is 17.7 Å². The maximum Gasteiger partial charge on any atom is 0.155 e. The van der Waals surface area contributed by atoms with Gasteiger partial charge in [0.25, 0.3) is 0 Å². The molecule has 0 aliphatic carbocycles. The first-order valence-electron chi connectivity index (χ1n) is 12.7. The van der Waals surface area contributed by atoms with Crippen molar-refractivity contribution in [2.24, 2.45) is 0 Å². The molecule has 40 heavy (non-hydrogen) atoms. The van der Waals surface area contributed by atoms with Crippen molar-refractivity contribution in [2.75, 3.05) is 0 Å². The van der Waals surface area contributed by atoms with E-state index < -0.39 is 0 Å². The van der Waals surface area contributed by atoms with Crippen LogP contribution in [0.1, 0.15) is 36.1 Å². The van der Waals surface area contributed by atoms with Crippen LogP contribution < -0.4 is 0 Å². The zero-order valence-electron chi connectivity index (χ0n) is 23.2. The van der Waals surface area contributed by atoms with E-state index in [2.05, 4.69) is 80.1 Å². The summed E-state index contributed by atoms with van der Waals surface area (Å²) in [5.41, 5.74) is 10.8. The summed E-state index contributed by atoms with van der Waals surface area (Å²) >= 11 is 1.74. The van der Waals surface area contributed by atoms with Crippen LogP contribution in [0, 0.1) is 33.8 Å². The number of hydrogen-bond donors (Lipinski definition) is 1. The molecule has 3 heterocycles. The number of rotatable bonds is 3. The van der Waals surface area contributed by atoms with Crippen molar-refractivity contribution < 1.29 is 34.4 Å². The van der Waals surface area contributed by atoms with Gasteiger partial charge in [-0.25, -0.2) is 4.98 Å². The zero-order chi connectivity index (χ0) is 27.8. The number of carbonyl (C=O) groups is 1. The molecule has 0 aliphatic heterocycles. The van der Waals surface area contributed by atoms with Crippen LogP contribution in [0.3, 0.4) is 0 Å². The number of aryl methyl sites for hydroxylation is 4. The van der Waals surface area contributed by atoms with E-state index in [4.69, 9.17) is 9.52 Å². The van der Waals surface area contributed by atoms with Gasteiger partial charge in [-0.05, 0) is 51.5 Å². The summed E-state index contributed by atoms with van der Waals surface area (Å²) < 4.78 is 7.36. The summed E-state index contributed by atoms with van der Waals surface area (Å²) in [4.78, 5) is 20.4. The van der Waals surface area contributed by atoms with E-state index in [0.29, 0.717) is 0 Å². The van der Waals surface area contributed by atoms with E-state index in [1.165, 1.54) is 46.9 Å². The number of nitrogens with zero attached hydrogens (tertiary/aromatic N) is 2. The molecule has 0 amide bonds. The molecule has 0 saturated heterocycles. The number of thiophene rings is 1. The SMILES string of the molecule is CC(=O)/C=C(/C)O.Cc1[c-]c(-c2ncnc3cc(-c4c(C)cc5c(oc6ccccc65)c4C)sc23)cc(C)c1.[Ir]. The summed E-state index contributed by atoms with van der Waals surface area (Å²) in [7, 11) is 0. The number of hydrogen-bond acceptors (Lipinski definition) is 6. The van der Waals surface area contributed by atoms with E-state index in [-0.39, 0.29) is 31.6 Å². The molecule has 1 N–H and O–H groups in total. The molecule has 0 fully saturated rings. The third-order valence-electron chi connectivity index (χ3n) is 6.48. The second kappa shape index (κ2) is 11.8. The Morgan fingerprint density at radius 3 is 2.42 bits per heavy atom. The molecule has 0 aliphatic rings. The number of para-hydroxylation sites is 1.